The van der Waals surface area contributed by atoms with Gasteiger partial charge in [-0.25, -0.2) is 14.5 Å². The summed E-state index contributed by atoms with van der Waals surface area (Å²) >= 11 is 1.85. The molecular formula is C19H18N4S. The molecule has 5 rings (SSSR count). The highest BCUT2D eigenvalue weighted by molar-refractivity contribution is 7.19. The van der Waals surface area contributed by atoms with Crippen LogP contribution in [-0.2, 0) is 19.3 Å². The Morgan fingerprint density at radius 3 is 2.83 bits per heavy atom. The molecule has 3 heterocycles. The molecule has 0 bridgehead atoms. The summed E-state index contributed by atoms with van der Waals surface area (Å²) < 4.78 is 1.86. The number of nitrogens with zero attached hydrogens (tertiary/aromatic N) is 4. The summed E-state index contributed by atoms with van der Waals surface area (Å²) in [7, 11) is 0. The zero-order valence-electron chi connectivity index (χ0n) is 13.4. The van der Waals surface area contributed by atoms with Crippen LogP contribution in [0.25, 0.3) is 15.9 Å². The van der Waals surface area contributed by atoms with Crippen molar-refractivity contribution in [3.63, 3.8) is 0 Å². The molecule has 4 nitrogen and oxygen atoms in total. The summed E-state index contributed by atoms with van der Waals surface area (Å²) in [4.78, 5) is 12.1. The van der Waals surface area contributed by atoms with E-state index < -0.39 is 0 Å². The highest BCUT2D eigenvalue weighted by Crippen LogP contribution is 2.36. The third kappa shape index (κ3) is 2.31. The molecule has 5 heteroatoms. The summed E-state index contributed by atoms with van der Waals surface area (Å²) in [6.07, 6.45) is 8.80. The van der Waals surface area contributed by atoms with Crippen LogP contribution in [0.2, 0.25) is 0 Å². The third-order valence-electron chi connectivity index (χ3n) is 4.79. The molecule has 0 amide bonds. The fourth-order valence-corrected chi connectivity index (χ4v) is 4.85. The molecule has 0 radical (unpaired) electrons. The van der Waals surface area contributed by atoms with E-state index in [0.717, 1.165) is 29.1 Å². The van der Waals surface area contributed by atoms with Crippen LogP contribution in [0.5, 0.6) is 0 Å². The minimum Gasteiger partial charge on any atom is -0.225 e. The van der Waals surface area contributed by atoms with Gasteiger partial charge in [-0.1, -0.05) is 36.8 Å². The second kappa shape index (κ2) is 5.67. The van der Waals surface area contributed by atoms with Gasteiger partial charge >= 0.3 is 0 Å². The molecule has 4 aromatic rings. The largest absolute Gasteiger partial charge is 0.225 e. The monoisotopic (exact) mass is 334 g/mol. The lowest BCUT2D eigenvalue weighted by Crippen LogP contribution is -1.93. The Labute approximate surface area is 144 Å². The lowest BCUT2D eigenvalue weighted by Gasteiger charge is -1.98. The van der Waals surface area contributed by atoms with Gasteiger partial charge in [0, 0.05) is 11.3 Å². The molecule has 1 aromatic carbocycles. The van der Waals surface area contributed by atoms with Crippen molar-refractivity contribution in [3.05, 3.63) is 58.5 Å². The Bertz CT molecular complexity index is 1020. The van der Waals surface area contributed by atoms with Crippen LogP contribution < -0.4 is 0 Å². The predicted octanol–water partition coefficient (Wildman–Crippen LogP) is 4.20. The number of thiophene rings is 1. The fraction of sp³-hybridized carbons (Fsp3) is 0.316. The quantitative estimate of drug-likeness (QED) is 0.516. The SMILES string of the molecule is c1ccc(Cc2nc3c4c5c(sc4ncn3n2)CCCCC5)cc1. The van der Waals surface area contributed by atoms with Crippen LogP contribution in [0.1, 0.15) is 41.1 Å². The van der Waals surface area contributed by atoms with E-state index in [-0.39, 0.29) is 0 Å². The van der Waals surface area contributed by atoms with Crippen LogP contribution in [0.3, 0.4) is 0 Å². The summed E-state index contributed by atoms with van der Waals surface area (Å²) in [6.45, 7) is 0. The van der Waals surface area contributed by atoms with Crippen molar-refractivity contribution in [3.8, 4) is 0 Å². The van der Waals surface area contributed by atoms with Gasteiger partial charge in [-0.05, 0) is 36.8 Å². The molecule has 0 fully saturated rings. The van der Waals surface area contributed by atoms with E-state index in [2.05, 4.69) is 34.3 Å². The maximum Gasteiger partial charge on any atom is 0.167 e. The minimum absolute atomic E-state index is 0.760. The van der Waals surface area contributed by atoms with Gasteiger partial charge in [-0.3, -0.25) is 0 Å². The molecule has 3 aromatic heterocycles. The summed E-state index contributed by atoms with van der Waals surface area (Å²) in [5.41, 5.74) is 3.69. The number of hydrogen-bond donors (Lipinski definition) is 0. The van der Waals surface area contributed by atoms with E-state index in [1.165, 1.54) is 47.1 Å². The summed E-state index contributed by atoms with van der Waals surface area (Å²) in [5.74, 6) is 0.865. The lowest BCUT2D eigenvalue weighted by atomic mass is 10.1. The van der Waals surface area contributed by atoms with Gasteiger partial charge in [0.25, 0.3) is 0 Å². The maximum absolute atomic E-state index is 4.87. The van der Waals surface area contributed by atoms with Crippen molar-refractivity contribution >= 4 is 27.2 Å². The second-order valence-electron chi connectivity index (χ2n) is 6.45. The average molecular weight is 334 g/mol. The topological polar surface area (TPSA) is 43.1 Å². The van der Waals surface area contributed by atoms with Gasteiger partial charge in [0.15, 0.2) is 11.5 Å². The van der Waals surface area contributed by atoms with Crippen molar-refractivity contribution in [2.75, 3.05) is 0 Å². The van der Waals surface area contributed by atoms with Gasteiger partial charge in [-0.2, -0.15) is 0 Å². The van der Waals surface area contributed by atoms with Crippen molar-refractivity contribution in [1.82, 2.24) is 19.6 Å². The first kappa shape index (κ1) is 14.1. The standard InChI is InChI=1S/C19H18N4S/c1-3-7-13(8-4-1)11-16-21-18-17-14-9-5-2-6-10-15(14)24-19(17)20-12-23(18)22-16/h1,3-4,7-8,12H,2,5-6,9-11H2. The van der Waals surface area contributed by atoms with Crippen molar-refractivity contribution < 1.29 is 0 Å². The highest BCUT2D eigenvalue weighted by Gasteiger charge is 2.19. The smallest absolute Gasteiger partial charge is 0.167 e. The summed E-state index contributed by atoms with van der Waals surface area (Å²) in [5, 5.41) is 5.90. The molecule has 0 aliphatic heterocycles. The number of benzene rings is 1. The van der Waals surface area contributed by atoms with E-state index in [0.29, 0.717) is 0 Å². The van der Waals surface area contributed by atoms with Gasteiger partial charge in [0.05, 0.1) is 5.39 Å². The van der Waals surface area contributed by atoms with Crippen LogP contribution >= 0.6 is 11.3 Å². The number of hydrogen-bond acceptors (Lipinski definition) is 4. The Morgan fingerprint density at radius 2 is 1.92 bits per heavy atom. The predicted molar refractivity (Wildman–Crippen MR) is 96.7 cm³/mol. The van der Waals surface area contributed by atoms with E-state index in [9.17, 15) is 0 Å². The molecule has 24 heavy (non-hydrogen) atoms. The molecular weight excluding hydrogens is 316 g/mol. The van der Waals surface area contributed by atoms with Gasteiger partial charge in [-0.15, -0.1) is 16.4 Å². The minimum atomic E-state index is 0.760. The molecule has 0 unspecified atom stereocenters. The summed E-state index contributed by atoms with van der Waals surface area (Å²) in [6, 6.07) is 10.4. The molecule has 120 valence electrons. The first-order chi connectivity index (χ1) is 11.9. The number of fused-ring (bicyclic) bond motifs is 5. The molecule has 0 N–H and O–H groups in total. The molecule has 1 aliphatic carbocycles. The van der Waals surface area contributed by atoms with Crippen molar-refractivity contribution in [2.24, 2.45) is 0 Å². The first-order valence-corrected chi connectivity index (χ1v) is 9.38. The Hall–Kier alpha value is -2.27. The first-order valence-electron chi connectivity index (χ1n) is 8.57. The van der Waals surface area contributed by atoms with Crippen LogP contribution in [-0.4, -0.2) is 19.6 Å². The molecule has 0 spiro atoms. The number of aromatic nitrogens is 4. The van der Waals surface area contributed by atoms with Gasteiger partial charge < -0.3 is 0 Å². The van der Waals surface area contributed by atoms with Crippen molar-refractivity contribution in [1.29, 1.82) is 0 Å². The van der Waals surface area contributed by atoms with E-state index in [4.69, 9.17) is 4.98 Å². The van der Waals surface area contributed by atoms with Crippen LogP contribution in [0, 0.1) is 0 Å². The van der Waals surface area contributed by atoms with Crippen LogP contribution in [0.4, 0.5) is 0 Å². The Morgan fingerprint density at radius 1 is 1.04 bits per heavy atom. The Kier molecular flexibility index (Phi) is 3.33. The zero-order chi connectivity index (χ0) is 15.9. The highest BCUT2D eigenvalue weighted by atomic mass is 32.1. The van der Waals surface area contributed by atoms with E-state index >= 15 is 0 Å². The van der Waals surface area contributed by atoms with Gasteiger partial charge in [0.1, 0.15) is 11.2 Å². The third-order valence-corrected chi connectivity index (χ3v) is 5.99. The van der Waals surface area contributed by atoms with Crippen LogP contribution in [0.15, 0.2) is 36.7 Å². The number of aryl methyl sites for hydroxylation is 2. The second-order valence-corrected chi connectivity index (χ2v) is 7.53. The average Bonchev–Trinajstić information content (AvgIpc) is 3.08. The Balaban J connectivity index is 1.66. The zero-order valence-corrected chi connectivity index (χ0v) is 14.2. The lowest BCUT2D eigenvalue weighted by molar-refractivity contribution is 0.713. The maximum atomic E-state index is 4.87. The molecule has 0 saturated carbocycles. The molecule has 0 atom stereocenters. The fourth-order valence-electron chi connectivity index (χ4n) is 3.63. The molecule has 0 saturated heterocycles. The van der Waals surface area contributed by atoms with E-state index in [1.807, 2.05) is 28.2 Å². The van der Waals surface area contributed by atoms with E-state index in [1.54, 1.807) is 0 Å². The normalized spacial score (nSPS) is 14.8. The molecule has 1 aliphatic rings. The van der Waals surface area contributed by atoms with Gasteiger partial charge in [0.2, 0.25) is 0 Å². The van der Waals surface area contributed by atoms with Crippen molar-refractivity contribution in [2.45, 2.75) is 38.5 Å². The number of rotatable bonds is 2.